The van der Waals surface area contributed by atoms with Gasteiger partial charge in [-0.05, 0) is 30.7 Å². The van der Waals surface area contributed by atoms with Gasteiger partial charge < -0.3 is 10.0 Å². The molecular weight excluding hydrogens is 274 g/mol. The van der Waals surface area contributed by atoms with Crippen LogP contribution < -0.4 is 0 Å². The molecule has 0 bridgehead atoms. The van der Waals surface area contributed by atoms with Crippen molar-refractivity contribution < 1.29 is 14.7 Å². The van der Waals surface area contributed by atoms with Gasteiger partial charge in [0, 0.05) is 35.7 Å². The zero-order valence-corrected chi connectivity index (χ0v) is 12.1. The predicted molar refractivity (Wildman–Crippen MR) is 80.9 cm³/mol. The summed E-state index contributed by atoms with van der Waals surface area (Å²) >= 11 is 1.87. The van der Waals surface area contributed by atoms with Crippen LogP contribution in [0.4, 0.5) is 0 Å². The Hall–Kier alpha value is -1.75. The molecule has 1 unspecified atom stereocenters. The van der Waals surface area contributed by atoms with Gasteiger partial charge in [0.25, 0.3) is 5.91 Å². The van der Waals surface area contributed by atoms with E-state index in [2.05, 4.69) is 6.92 Å². The molecule has 1 fully saturated rings. The van der Waals surface area contributed by atoms with E-state index in [0.717, 1.165) is 29.7 Å². The molecule has 0 saturated carbocycles. The molecule has 1 aliphatic heterocycles. The van der Waals surface area contributed by atoms with Crippen molar-refractivity contribution in [2.75, 3.05) is 18.1 Å². The van der Waals surface area contributed by atoms with Crippen molar-refractivity contribution in [3.05, 3.63) is 41.5 Å². The summed E-state index contributed by atoms with van der Waals surface area (Å²) in [4.78, 5) is 24.7. The highest BCUT2D eigenvalue weighted by molar-refractivity contribution is 7.99. The molecule has 1 atom stereocenters. The van der Waals surface area contributed by atoms with Crippen LogP contribution >= 0.6 is 11.8 Å². The summed E-state index contributed by atoms with van der Waals surface area (Å²) in [6.45, 7) is 2.85. The fourth-order valence-electron chi connectivity index (χ4n) is 2.10. The number of carbonyl (C=O) groups is 2. The third-order valence-corrected chi connectivity index (χ3v) is 4.39. The molecule has 1 aliphatic rings. The lowest BCUT2D eigenvalue weighted by atomic mass is 10.1. The van der Waals surface area contributed by atoms with Gasteiger partial charge in [-0.15, -0.1) is 0 Å². The van der Waals surface area contributed by atoms with Gasteiger partial charge in [0.05, 0.1) is 0 Å². The van der Waals surface area contributed by atoms with E-state index in [1.54, 1.807) is 24.3 Å². The Bertz CT molecular complexity index is 524. The number of benzene rings is 1. The van der Waals surface area contributed by atoms with E-state index in [9.17, 15) is 9.59 Å². The van der Waals surface area contributed by atoms with Gasteiger partial charge in [-0.1, -0.05) is 12.1 Å². The van der Waals surface area contributed by atoms with Gasteiger partial charge in [-0.3, -0.25) is 4.79 Å². The number of carbonyl (C=O) groups excluding carboxylic acids is 1. The van der Waals surface area contributed by atoms with Gasteiger partial charge in [-0.25, -0.2) is 4.79 Å². The number of aliphatic carboxylic acids is 1. The highest BCUT2D eigenvalue weighted by Crippen LogP contribution is 2.19. The molecule has 106 valence electrons. The standard InChI is InChI=1S/C15H17NO3S/c1-11-10-20-9-8-16(11)15(19)13-5-2-12(3-6-13)4-7-14(17)18/h2-7,11H,8-10H2,1H3,(H,17,18). The van der Waals surface area contributed by atoms with E-state index < -0.39 is 5.97 Å². The van der Waals surface area contributed by atoms with Crippen LogP contribution in [0.25, 0.3) is 6.08 Å². The fraction of sp³-hybridized carbons (Fsp3) is 0.333. The molecule has 0 aromatic heterocycles. The third kappa shape index (κ3) is 3.63. The van der Waals surface area contributed by atoms with Crippen LogP contribution in [0.15, 0.2) is 30.3 Å². The predicted octanol–water partition coefficient (Wildman–Crippen LogP) is 2.36. The summed E-state index contributed by atoms with van der Waals surface area (Å²) in [7, 11) is 0. The summed E-state index contributed by atoms with van der Waals surface area (Å²) in [5, 5.41) is 8.57. The summed E-state index contributed by atoms with van der Waals surface area (Å²) in [5.74, 6) is 1.03. The highest BCUT2D eigenvalue weighted by atomic mass is 32.2. The molecule has 0 aliphatic carbocycles. The quantitative estimate of drug-likeness (QED) is 0.869. The molecule has 2 rings (SSSR count). The van der Waals surface area contributed by atoms with Gasteiger partial charge in [0.2, 0.25) is 0 Å². The Labute approximate surface area is 122 Å². The maximum Gasteiger partial charge on any atom is 0.328 e. The van der Waals surface area contributed by atoms with Gasteiger partial charge >= 0.3 is 5.97 Å². The Morgan fingerprint density at radius 2 is 2.05 bits per heavy atom. The van der Waals surface area contributed by atoms with Gasteiger partial charge in [0.15, 0.2) is 0 Å². The Balaban J connectivity index is 2.09. The first-order chi connectivity index (χ1) is 9.58. The van der Waals surface area contributed by atoms with Crippen LogP contribution in [0.2, 0.25) is 0 Å². The number of rotatable bonds is 3. The normalized spacial score (nSPS) is 19.2. The first-order valence-electron chi connectivity index (χ1n) is 6.47. The van der Waals surface area contributed by atoms with E-state index in [4.69, 9.17) is 5.11 Å². The van der Waals surface area contributed by atoms with Gasteiger partial charge in [0.1, 0.15) is 0 Å². The number of thioether (sulfide) groups is 1. The maximum absolute atomic E-state index is 12.4. The molecule has 0 spiro atoms. The number of carboxylic acids is 1. The molecule has 1 heterocycles. The van der Waals surface area contributed by atoms with Crippen molar-refractivity contribution in [3.8, 4) is 0 Å². The van der Waals surface area contributed by atoms with Crippen LogP contribution in [0, 0.1) is 0 Å². The average Bonchev–Trinajstić information content (AvgIpc) is 2.45. The minimum absolute atomic E-state index is 0.0477. The highest BCUT2D eigenvalue weighted by Gasteiger charge is 2.24. The minimum Gasteiger partial charge on any atom is -0.478 e. The SMILES string of the molecule is CC1CSCCN1C(=O)c1ccc(C=CC(=O)O)cc1. The maximum atomic E-state index is 12.4. The number of carboxylic acid groups (broad SMARTS) is 1. The Morgan fingerprint density at radius 3 is 2.65 bits per heavy atom. The molecular formula is C15H17NO3S. The second-order valence-electron chi connectivity index (χ2n) is 4.72. The lowest BCUT2D eigenvalue weighted by Gasteiger charge is -2.33. The topological polar surface area (TPSA) is 57.6 Å². The number of amides is 1. The monoisotopic (exact) mass is 291 g/mol. The van der Waals surface area contributed by atoms with Gasteiger partial charge in [-0.2, -0.15) is 11.8 Å². The van der Waals surface area contributed by atoms with E-state index in [1.165, 1.54) is 6.08 Å². The Morgan fingerprint density at radius 1 is 1.35 bits per heavy atom. The minimum atomic E-state index is -0.982. The molecule has 1 aromatic rings. The van der Waals surface area contributed by atoms with Crippen molar-refractivity contribution in [3.63, 3.8) is 0 Å². The molecule has 1 amide bonds. The molecule has 5 heteroatoms. The fourth-order valence-corrected chi connectivity index (χ4v) is 3.11. The van der Waals surface area contributed by atoms with Crippen LogP contribution in [0.5, 0.6) is 0 Å². The second kappa shape index (κ2) is 6.61. The van der Waals surface area contributed by atoms with E-state index >= 15 is 0 Å². The molecule has 1 saturated heterocycles. The smallest absolute Gasteiger partial charge is 0.328 e. The first-order valence-corrected chi connectivity index (χ1v) is 7.63. The van der Waals surface area contributed by atoms with E-state index in [1.807, 2.05) is 16.7 Å². The largest absolute Gasteiger partial charge is 0.478 e. The molecule has 4 nitrogen and oxygen atoms in total. The summed E-state index contributed by atoms with van der Waals surface area (Å²) in [6, 6.07) is 7.27. The summed E-state index contributed by atoms with van der Waals surface area (Å²) < 4.78 is 0. The molecule has 0 radical (unpaired) electrons. The second-order valence-corrected chi connectivity index (χ2v) is 5.87. The van der Waals surface area contributed by atoms with E-state index in [0.29, 0.717) is 5.56 Å². The lowest BCUT2D eigenvalue weighted by Crippen LogP contribution is -2.44. The zero-order valence-electron chi connectivity index (χ0n) is 11.3. The summed E-state index contributed by atoms with van der Waals surface area (Å²) in [5.41, 5.74) is 1.42. The van der Waals surface area contributed by atoms with Crippen molar-refractivity contribution >= 4 is 29.7 Å². The van der Waals surface area contributed by atoms with E-state index in [-0.39, 0.29) is 11.9 Å². The number of hydrogen-bond acceptors (Lipinski definition) is 3. The Kier molecular flexibility index (Phi) is 4.84. The van der Waals surface area contributed by atoms with Crippen LogP contribution in [-0.4, -0.2) is 46.0 Å². The average molecular weight is 291 g/mol. The van der Waals surface area contributed by atoms with Crippen LogP contribution in [0.1, 0.15) is 22.8 Å². The zero-order chi connectivity index (χ0) is 14.5. The van der Waals surface area contributed by atoms with Crippen LogP contribution in [0.3, 0.4) is 0 Å². The molecule has 1 aromatic carbocycles. The third-order valence-electron chi connectivity index (χ3n) is 3.20. The first kappa shape index (κ1) is 14.7. The molecule has 1 N–H and O–H groups in total. The number of hydrogen-bond donors (Lipinski definition) is 1. The van der Waals surface area contributed by atoms with Crippen molar-refractivity contribution in [2.45, 2.75) is 13.0 Å². The lowest BCUT2D eigenvalue weighted by molar-refractivity contribution is -0.131. The molecule has 20 heavy (non-hydrogen) atoms. The summed E-state index contributed by atoms with van der Waals surface area (Å²) in [6.07, 6.45) is 2.59. The van der Waals surface area contributed by atoms with Crippen molar-refractivity contribution in [1.82, 2.24) is 4.90 Å². The van der Waals surface area contributed by atoms with Crippen molar-refractivity contribution in [2.24, 2.45) is 0 Å². The number of nitrogens with zero attached hydrogens (tertiary/aromatic N) is 1. The van der Waals surface area contributed by atoms with Crippen molar-refractivity contribution in [1.29, 1.82) is 0 Å². The van der Waals surface area contributed by atoms with Crippen LogP contribution in [-0.2, 0) is 4.79 Å².